The average molecular weight is 526 g/mol. The molecule has 1 aliphatic rings. The molecule has 3 amide bonds. The second-order valence-corrected chi connectivity index (χ2v) is 9.60. The number of hydrogen-bond acceptors (Lipinski definition) is 3. The lowest BCUT2D eigenvalue weighted by Crippen LogP contribution is -2.49. The molecule has 0 aromatic heterocycles. The van der Waals surface area contributed by atoms with Crippen LogP contribution in [0.2, 0.25) is 10.0 Å². The standard InChI is InChI=1S/C28H29Cl2N3O3/c1-3-23(27(35)31-4-2)33(17-20-21(29)12-7-13-22(20)30)25(34)15-8-16-32-24-14-6-10-18-9-5-11-19(26(18)24)28(32)36/h5-7,9-14,23H,3-4,8,15-17H2,1-2H3,(H,31,35)/t23-/m0/s1. The van der Waals surface area contributed by atoms with Gasteiger partial charge in [0.05, 0.1) is 5.69 Å². The molecule has 1 N–H and O–H groups in total. The minimum atomic E-state index is -0.656. The van der Waals surface area contributed by atoms with E-state index in [1.807, 2.05) is 50.2 Å². The van der Waals surface area contributed by atoms with Crippen LogP contribution in [0.1, 0.15) is 49.0 Å². The van der Waals surface area contributed by atoms with E-state index in [1.54, 1.807) is 28.0 Å². The van der Waals surface area contributed by atoms with Crippen LogP contribution in [-0.4, -0.2) is 41.8 Å². The number of hydrogen-bond donors (Lipinski definition) is 1. The summed E-state index contributed by atoms with van der Waals surface area (Å²) < 4.78 is 0. The lowest BCUT2D eigenvalue weighted by Gasteiger charge is -2.31. The van der Waals surface area contributed by atoms with Crippen molar-refractivity contribution in [1.29, 1.82) is 0 Å². The van der Waals surface area contributed by atoms with Gasteiger partial charge in [0.15, 0.2) is 0 Å². The second kappa shape index (κ2) is 11.3. The normalized spacial score (nSPS) is 13.2. The molecule has 3 aromatic carbocycles. The predicted molar refractivity (Wildman–Crippen MR) is 145 cm³/mol. The van der Waals surface area contributed by atoms with Crippen molar-refractivity contribution in [2.24, 2.45) is 0 Å². The first kappa shape index (κ1) is 26.0. The zero-order valence-electron chi connectivity index (χ0n) is 20.4. The predicted octanol–water partition coefficient (Wildman–Crippen LogP) is 5.83. The van der Waals surface area contributed by atoms with E-state index in [0.29, 0.717) is 47.1 Å². The maximum Gasteiger partial charge on any atom is 0.258 e. The number of rotatable bonds is 10. The first-order valence-corrected chi connectivity index (χ1v) is 13.0. The van der Waals surface area contributed by atoms with Crippen molar-refractivity contribution < 1.29 is 14.4 Å². The molecule has 36 heavy (non-hydrogen) atoms. The van der Waals surface area contributed by atoms with Gasteiger partial charge in [-0.3, -0.25) is 14.4 Å². The Morgan fingerprint density at radius 1 is 1.00 bits per heavy atom. The van der Waals surface area contributed by atoms with Gasteiger partial charge >= 0.3 is 0 Å². The van der Waals surface area contributed by atoms with Crippen LogP contribution < -0.4 is 10.2 Å². The molecule has 0 bridgehead atoms. The Labute approximate surface area is 221 Å². The molecule has 0 spiro atoms. The summed E-state index contributed by atoms with van der Waals surface area (Å²) in [5, 5.41) is 5.68. The highest BCUT2D eigenvalue weighted by molar-refractivity contribution is 6.36. The topological polar surface area (TPSA) is 69.7 Å². The molecule has 1 atom stereocenters. The zero-order chi connectivity index (χ0) is 25.8. The van der Waals surface area contributed by atoms with E-state index in [2.05, 4.69) is 5.32 Å². The molecule has 0 aliphatic carbocycles. The van der Waals surface area contributed by atoms with Gasteiger partial charge in [-0.2, -0.15) is 0 Å². The van der Waals surface area contributed by atoms with Crippen LogP contribution in [0.25, 0.3) is 10.8 Å². The van der Waals surface area contributed by atoms with E-state index >= 15 is 0 Å². The lowest BCUT2D eigenvalue weighted by atomic mass is 10.1. The van der Waals surface area contributed by atoms with Crippen LogP contribution in [0.15, 0.2) is 54.6 Å². The van der Waals surface area contributed by atoms with E-state index < -0.39 is 6.04 Å². The monoisotopic (exact) mass is 525 g/mol. The maximum atomic E-state index is 13.5. The number of carbonyl (C=O) groups excluding carboxylic acids is 3. The van der Waals surface area contributed by atoms with E-state index in [0.717, 1.165) is 16.5 Å². The van der Waals surface area contributed by atoms with E-state index in [9.17, 15) is 14.4 Å². The van der Waals surface area contributed by atoms with Gasteiger partial charge < -0.3 is 15.1 Å². The Bertz CT molecular complexity index is 1280. The van der Waals surface area contributed by atoms with Gasteiger partial charge in [0.25, 0.3) is 5.91 Å². The molecular formula is C28H29Cl2N3O3. The summed E-state index contributed by atoms with van der Waals surface area (Å²) in [6.07, 6.45) is 1.07. The third-order valence-electron chi connectivity index (χ3n) is 6.55. The van der Waals surface area contributed by atoms with Gasteiger partial charge in [-0.15, -0.1) is 0 Å². The smallest absolute Gasteiger partial charge is 0.258 e. The van der Waals surface area contributed by atoms with Crippen molar-refractivity contribution in [3.63, 3.8) is 0 Å². The molecule has 0 fully saturated rings. The molecule has 4 rings (SSSR count). The largest absolute Gasteiger partial charge is 0.355 e. The molecule has 8 heteroatoms. The Kier molecular flexibility index (Phi) is 8.17. The summed E-state index contributed by atoms with van der Waals surface area (Å²) >= 11 is 12.8. The molecule has 1 heterocycles. The number of likely N-dealkylation sites (N-methyl/N-ethyl adjacent to an activating group) is 1. The highest BCUT2D eigenvalue weighted by Crippen LogP contribution is 2.37. The van der Waals surface area contributed by atoms with Crippen LogP contribution in [0.4, 0.5) is 5.69 Å². The van der Waals surface area contributed by atoms with Crippen LogP contribution in [0.3, 0.4) is 0 Å². The van der Waals surface area contributed by atoms with E-state index in [1.165, 1.54) is 0 Å². The molecular weight excluding hydrogens is 497 g/mol. The zero-order valence-corrected chi connectivity index (χ0v) is 21.9. The van der Waals surface area contributed by atoms with Crippen molar-refractivity contribution in [3.8, 4) is 0 Å². The van der Waals surface area contributed by atoms with Crippen LogP contribution >= 0.6 is 23.2 Å². The molecule has 3 aromatic rings. The average Bonchev–Trinajstić information content (AvgIpc) is 3.14. The van der Waals surface area contributed by atoms with Gasteiger partial charge in [-0.25, -0.2) is 0 Å². The van der Waals surface area contributed by atoms with Crippen LogP contribution in [0.5, 0.6) is 0 Å². The first-order valence-electron chi connectivity index (χ1n) is 12.2. The van der Waals surface area contributed by atoms with Crippen LogP contribution in [-0.2, 0) is 16.1 Å². The Balaban J connectivity index is 1.51. The lowest BCUT2D eigenvalue weighted by molar-refractivity contribution is -0.141. The number of halogens is 2. The van der Waals surface area contributed by atoms with Crippen molar-refractivity contribution in [2.75, 3.05) is 18.0 Å². The Morgan fingerprint density at radius 2 is 1.67 bits per heavy atom. The molecule has 0 saturated heterocycles. The van der Waals surface area contributed by atoms with Crippen LogP contribution in [0, 0.1) is 0 Å². The molecule has 188 valence electrons. The van der Waals surface area contributed by atoms with Gasteiger partial charge in [-0.1, -0.05) is 60.5 Å². The number of nitrogens with zero attached hydrogens (tertiary/aromatic N) is 2. The molecule has 0 saturated carbocycles. The van der Waals surface area contributed by atoms with Gasteiger partial charge in [0, 0.05) is 52.6 Å². The molecule has 1 aliphatic heterocycles. The number of benzene rings is 3. The number of nitrogens with one attached hydrogen (secondary N) is 1. The minimum Gasteiger partial charge on any atom is -0.355 e. The van der Waals surface area contributed by atoms with E-state index in [4.69, 9.17) is 23.2 Å². The van der Waals surface area contributed by atoms with Crippen molar-refractivity contribution in [1.82, 2.24) is 10.2 Å². The molecule has 6 nitrogen and oxygen atoms in total. The fourth-order valence-electron chi connectivity index (χ4n) is 4.80. The molecule has 0 radical (unpaired) electrons. The number of anilines is 1. The second-order valence-electron chi connectivity index (χ2n) is 8.78. The minimum absolute atomic E-state index is 0.0530. The fourth-order valence-corrected chi connectivity index (χ4v) is 5.32. The SMILES string of the molecule is CCNC(=O)[C@H](CC)N(Cc1c(Cl)cccc1Cl)C(=O)CCCN1C(=O)c2cccc3cccc1c23. The number of amides is 3. The molecule has 0 unspecified atom stereocenters. The van der Waals surface area contributed by atoms with Crippen molar-refractivity contribution >= 4 is 57.4 Å². The highest BCUT2D eigenvalue weighted by atomic mass is 35.5. The van der Waals surface area contributed by atoms with Gasteiger partial charge in [0.1, 0.15) is 6.04 Å². The van der Waals surface area contributed by atoms with E-state index in [-0.39, 0.29) is 30.7 Å². The Morgan fingerprint density at radius 3 is 2.33 bits per heavy atom. The summed E-state index contributed by atoms with van der Waals surface area (Å²) in [5.41, 5.74) is 2.16. The quantitative estimate of drug-likeness (QED) is 0.362. The summed E-state index contributed by atoms with van der Waals surface area (Å²) in [4.78, 5) is 42.7. The Hall–Kier alpha value is -3.09. The van der Waals surface area contributed by atoms with Gasteiger partial charge in [-0.05, 0) is 49.4 Å². The third kappa shape index (κ3) is 5.06. The fraction of sp³-hybridized carbons (Fsp3) is 0.321. The summed E-state index contributed by atoms with van der Waals surface area (Å²) in [5.74, 6) is -0.456. The van der Waals surface area contributed by atoms with Crippen molar-refractivity contribution in [2.45, 2.75) is 45.7 Å². The summed E-state index contributed by atoms with van der Waals surface area (Å²) in [6.45, 7) is 4.70. The first-order chi connectivity index (χ1) is 17.4. The third-order valence-corrected chi connectivity index (χ3v) is 7.26. The summed E-state index contributed by atoms with van der Waals surface area (Å²) in [6, 6.07) is 16.1. The summed E-state index contributed by atoms with van der Waals surface area (Å²) in [7, 11) is 0. The highest BCUT2D eigenvalue weighted by Gasteiger charge is 2.31. The maximum absolute atomic E-state index is 13.5. The van der Waals surface area contributed by atoms with Crippen molar-refractivity contribution in [3.05, 3.63) is 75.8 Å². The number of carbonyl (C=O) groups is 3. The van der Waals surface area contributed by atoms with Gasteiger partial charge in [0.2, 0.25) is 11.8 Å².